The summed E-state index contributed by atoms with van der Waals surface area (Å²) in [5.41, 5.74) is -0.538. The second-order valence-electron chi connectivity index (χ2n) is 5.35. The molecule has 0 aliphatic carbocycles. The molecule has 0 aliphatic heterocycles. The van der Waals surface area contributed by atoms with Gasteiger partial charge in [-0.15, -0.1) is 0 Å². The fourth-order valence-corrected chi connectivity index (χ4v) is 2.31. The fourth-order valence-electron chi connectivity index (χ4n) is 1.83. The second kappa shape index (κ2) is 6.35. The third-order valence-electron chi connectivity index (χ3n) is 2.72. The largest absolute Gasteiger partial charge is 0.435 e. The first-order valence-electron chi connectivity index (χ1n) is 6.40. The summed E-state index contributed by atoms with van der Waals surface area (Å²) in [6, 6.07) is 0.774. The maximum atomic E-state index is 12.7. The number of rotatable bonds is 6. The van der Waals surface area contributed by atoms with E-state index in [-0.39, 0.29) is 25.0 Å². The zero-order valence-corrected chi connectivity index (χ0v) is 13.1. The summed E-state index contributed by atoms with van der Waals surface area (Å²) >= 11 is 0. The maximum Gasteiger partial charge on any atom is 0.435 e. The van der Waals surface area contributed by atoms with E-state index in [0.717, 1.165) is 12.3 Å². The SMILES string of the molecule is CC(C)n1nc(C(F)(F)F)cc1C[C@H](C)COS(C)(=O)=O. The molecule has 0 fully saturated rings. The van der Waals surface area contributed by atoms with Crippen molar-refractivity contribution in [3.05, 3.63) is 17.5 Å². The lowest BCUT2D eigenvalue weighted by atomic mass is 10.1. The van der Waals surface area contributed by atoms with Gasteiger partial charge in [-0.3, -0.25) is 8.86 Å². The van der Waals surface area contributed by atoms with Gasteiger partial charge in [0, 0.05) is 11.7 Å². The predicted octanol–water partition coefficient (Wildman–Crippen LogP) is 2.64. The van der Waals surface area contributed by atoms with Crippen LogP contribution in [0.25, 0.3) is 0 Å². The molecule has 122 valence electrons. The van der Waals surface area contributed by atoms with Gasteiger partial charge in [-0.2, -0.15) is 26.7 Å². The Balaban J connectivity index is 2.89. The Kier molecular flexibility index (Phi) is 5.43. The average Bonchev–Trinajstić information content (AvgIpc) is 2.69. The standard InChI is InChI=1S/C12H19F3N2O3S/c1-8(2)17-10(6-11(16-17)12(13,14)15)5-9(3)7-20-21(4,18)19/h6,8-9H,5,7H2,1-4H3/t9-/m0/s1. The van der Waals surface area contributed by atoms with Gasteiger partial charge in [-0.1, -0.05) is 6.92 Å². The number of hydrogen-bond acceptors (Lipinski definition) is 4. The van der Waals surface area contributed by atoms with Crippen LogP contribution in [0.1, 0.15) is 38.2 Å². The summed E-state index contributed by atoms with van der Waals surface area (Å²) in [4.78, 5) is 0. The first kappa shape index (κ1) is 18.0. The van der Waals surface area contributed by atoms with E-state index >= 15 is 0 Å². The van der Waals surface area contributed by atoms with Crippen LogP contribution in [0.5, 0.6) is 0 Å². The molecule has 0 bridgehead atoms. The molecule has 0 aliphatic rings. The van der Waals surface area contributed by atoms with Crippen molar-refractivity contribution in [1.29, 1.82) is 0 Å². The second-order valence-corrected chi connectivity index (χ2v) is 7.00. The number of hydrogen-bond donors (Lipinski definition) is 0. The molecule has 5 nitrogen and oxygen atoms in total. The molecule has 21 heavy (non-hydrogen) atoms. The van der Waals surface area contributed by atoms with Crippen molar-refractivity contribution in [1.82, 2.24) is 9.78 Å². The number of aromatic nitrogens is 2. The summed E-state index contributed by atoms with van der Waals surface area (Å²) in [7, 11) is -3.56. The highest BCUT2D eigenvalue weighted by Gasteiger charge is 2.35. The molecular weight excluding hydrogens is 309 g/mol. The van der Waals surface area contributed by atoms with Gasteiger partial charge in [-0.05, 0) is 32.3 Å². The molecule has 0 saturated heterocycles. The van der Waals surface area contributed by atoms with E-state index in [4.69, 9.17) is 0 Å². The van der Waals surface area contributed by atoms with Gasteiger partial charge in [0.2, 0.25) is 0 Å². The van der Waals surface area contributed by atoms with Gasteiger partial charge in [0.1, 0.15) is 0 Å². The molecule has 0 unspecified atom stereocenters. The predicted molar refractivity (Wildman–Crippen MR) is 71.3 cm³/mol. The summed E-state index contributed by atoms with van der Waals surface area (Å²) in [6.45, 7) is 5.09. The Morgan fingerprint density at radius 1 is 1.33 bits per heavy atom. The van der Waals surface area contributed by atoms with E-state index in [1.54, 1.807) is 20.8 Å². The Labute approximate surface area is 122 Å². The Hall–Kier alpha value is -1.09. The molecule has 1 aromatic rings. The van der Waals surface area contributed by atoms with Gasteiger partial charge < -0.3 is 0 Å². The van der Waals surface area contributed by atoms with Gasteiger partial charge in [0.15, 0.2) is 5.69 Å². The molecule has 0 radical (unpaired) electrons. The highest BCUT2D eigenvalue weighted by molar-refractivity contribution is 7.85. The van der Waals surface area contributed by atoms with Gasteiger partial charge in [0.25, 0.3) is 10.1 Å². The Bertz CT molecular complexity index is 579. The van der Waals surface area contributed by atoms with Gasteiger partial charge >= 0.3 is 6.18 Å². The van der Waals surface area contributed by atoms with Crippen LogP contribution < -0.4 is 0 Å². The molecular formula is C12H19F3N2O3S. The van der Waals surface area contributed by atoms with Crippen molar-refractivity contribution in [2.45, 2.75) is 39.4 Å². The van der Waals surface area contributed by atoms with Crippen molar-refractivity contribution in [2.75, 3.05) is 12.9 Å². The van der Waals surface area contributed by atoms with E-state index in [2.05, 4.69) is 9.28 Å². The van der Waals surface area contributed by atoms with Crippen molar-refractivity contribution in [3.8, 4) is 0 Å². The van der Waals surface area contributed by atoms with Gasteiger partial charge in [0.05, 0.1) is 12.9 Å². The molecule has 1 aromatic heterocycles. The van der Waals surface area contributed by atoms with E-state index in [9.17, 15) is 21.6 Å². The molecule has 0 aromatic carbocycles. The lowest BCUT2D eigenvalue weighted by molar-refractivity contribution is -0.141. The first-order valence-corrected chi connectivity index (χ1v) is 8.22. The first-order chi connectivity index (χ1) is 9.40. The third kappa shape index (κ3) is 5.66. The number of halogens is 3. The van der Waals surface area contributed by atoms with Crippen molar-refractivity contribution >= 4 is 10.1 Å². The summed E-state index contributed by atoms with van der Waals surface area (Å²) in [6.07, 6.45) is -3.32. The molecule has 0 spiro atoms. The average molecular weight is 328 g/mol. The van der Waals surface area contributed by atoms with Crippen LogP contribution in [0.4, 0.5) is 13.2 Å². The molecule has 9 heteroatoms. The highest BCUT2D eigenvalue weighted by Crippen LogP contribution is 2.30. The molecule has 0 N–H and O–H groups in total. The van der Waals surface area contributed by atoms with Crippen LogP contribution in [-0.4, -0.2) is 31.1 Å². The monoisotopic (exact) mass is 328 g/mol. The highest BCUT2D eigenvalue weighted by atomic mass is 32.2. The Morgan fingerprint density at radius 3 is 2.33 bits per heavy atom. The van der Waals surface area contributed by atoms with Crippen LogP contribution in [0.3, 0.4) is 0 Å². The van der Waals surface area contributed by atoms with E-state index in [0.29, 0.717) is 5.69 Å². The van der Waals surface area contributed by atoms with Crippen LogP contribution in [0.15, 0.2) is 6.07 Å². The van der Waals surface area contributed by atoms with Crippen molar-refractivity contribution < 1.29 is 25.8 Å². The quantitative estimate of drug-likeness (QED) is 0.753. The minimum absolute atomic E-state index is 0.0799. The van der Waals surface area contributed by atoms with E-state index < -0.39 is 22.0 Å². The molecule has 1 rings (SSSR count). The minimum Gasteiger partial charge on any atom is -0.270 e. The number of alkyl halides is 3. The molecule has 0 saturated carbocycles. The summed E-state index contributed by atoms with van der Waals surface area (Å²) in [5.74, 6) is -0.255. The summed E-state index contributed by atoms with van der Waals surface area (Å²) in [5, 5.41) is 3.58. The normalized spacial score (nSPS) is 14.7. The van der Waals surface area contributed by atoms with E-state index in [1.807, 2.05) is 0 Å². The Morgan fingerprint density at radius 2 is 1.90 bits per heavy atom. The van der Waals surface area contributed by atoms with Crippen LogP contribution in [0.2, 0.25) is 0 Å². The summed E-state index contributed by atoms with van der Waals surface area (Å²) < 4.78 is 65.9. The minimum atomic E-state index is -4.50. The smallest absolute Gasteiger partial charge is 0.270 e. The lowest BCUT2D eigenvalue weighted by Gasteiger charge is -2.14. The van der Waals surface area contributed by atoms with Crippen LogP contribution in [-0.2, 0) is 26.9 Å². The fraction of sp³-hybridized carbons (Fsp3) is 0.750. The number of nitrogens with zero attached hydrogens (tertiary/aromatic N) is 2. The molecule has 0 amide bonds. The zero-order valence-electron chi connectivity index (χ0n) is 12.3. The zero-order chi connectivity index (χ0) is 16.4. The van der Waals surface area contributed by atoms with Crippen LogP contribution >= 0.6 is 0 Å². The van der Waals surface area contributed by atoms with Crippen molar-refractivity contribution in [3.63, 3.8) is 0 Å². The van der Waals surface area contributed by atoms with Crippen molar-refractivity contribution in [2.24, 2.45) is 5.92 Å². The van der Waals surface area contributed by atoms with E-state index in [1.165, 1.54) is 4.68 Å². The lowest BCUT2D eigenvalue weighted by Crippen LogP contribution is -2.16. The molecule has 1 heterocycles. The maximum absolute atomic E-state index is 12.7. The third-order valence-corrected chi connectivity index (χ3v) is 3.28. The van der Waals surface area contributed by atoms with Crippen LogP contribution in [0, 0.1) is 5.92 Å². The molecule has 1 atom stereocenters. The topological polar surface area (TPSA) is 61.2 Å². The van der Waals surface area contributed by atoms with Gasteiger partial charge in [-0.25, -0.2) is 0 Å².